The lowest BCUT2D eigenvalue weighted by Gasteiger charge is -2.06. The van der Waals surface area contributed by atoms with Gasteiger partial charge in [-0.3, -0.25) is 9.78 Å². The third-order valence-electron chi connectivity index (χ3n) is 2.66. The van der Waals surface area contributed by atoms with Crippen LogP contribution >= 0.6 is 0 Å². The average molecular weight is 271 g/mol. The monoisotopic (exact) mass is 271 g/mol. The number of hydrogen-bond donors (Lipinski definition) is 3. The first-order chi connectivity index (χ1) is 9.60. The Balaban J connectivity index is 2.18. The number of rotatable bonds is 4. The second kappa shape index (κ2) is 5.94. The zero-order chi connectivity index (χ0) is 14.5. The highest BCUT2D eigenvalue weighted by atomic mass is 16.4. The zero-order valence-electron chi connectivity index (χ0n) is 10.5. The molecule has 4 N–H and O–H groups in total. The molecular formula is C14H13N3O3. The van der Waals surface area contributed by atoms with Crippen LogP contribution in [0.2, 0.25) is 0 Å². The van der Waals surface area contributed by atoms with Crippen LogP contribution in [0.25, 0.3) is 0 Å². The van der Waals surface area contributed by atoms with E-state index in [1.165, 1.54) is 18.3 Å². The molecule has 0 aliphatic carbocycles. The van der Waals surface area contributed by atoms with E-state index in [2.05, 4.69) is 10.3 Å². The summed E-state index contributed by atoms with van der Waals surface area (Å²) in [4.78, 5) is 26.9. The van der Waals surface area contributed by atoms with Crippen LogP contribution in [0.4, 0.5) is 5.69 Å². The minimum absolute atomic E-state index is 0.111. The third kappa shape index (κ3) is 3.18. The summed E-state index contributed by atoms with van der Waals surface area (Å²) in [7, 11) is 0. The van der Waals surface area contributed by atoms with Gasteiger partial charge in [-0.2, -0.15) is 0 Å². The van der Waals surface area contributed by atoms with Crippen LogP contribution in [0.3, 0.4) is 0 Å². The van der Waals surface area contributed by atoms with Gasteiger partial charge in [-0.25, -0.2) is 4.79 Å². The number of carbonyl (C=O) groups is 2. The van der Waals surface area contributed by atoms with Crippen LogP contribution in [0.1, 0.15) is 26.4 Å². The molecule has 6 heteroatoms. The molecule has 1 aromatic carbocycles. The first kappa shape index (κ1) is 13.7. The Morgan fingerprint density at radius 1 is 1.20 bits per heavy atom. The summed E-state index contributed by atoms with van der Waals surface area (Å²) < 4.78 is 0. The lowest BCUT2D eigenvalue weighted by molar-refractivity contribution is 0.0696. The van der Waals surface area contributed by atoms with Gasteiger partial charge in [0.05, 0.1) is 11.3 Å². The number of carboxylic acids is 1. The number of benzene rings is 1. The molecule has 2 rings (SSSR count). The van der Waals surface area contributed by atoms with Gasteiger partial charge in [0.1, 0.15) is 0 Å². The fraction of sp³-hybridized carbons (Fsp3) is 0.0714. The number of nitrogens with one attached hydrogen (secondary N) is 1. The average Bonchev–Trinajstić information content (AvgIpc) is 2.47. The van der Waals surface area contributed by atoms with Crippen molar-refractivity contribution in [1.82, 2.24) is 4.98 Å². The van der Waals surface area contributed by atoms with Crippen LogP contribution < -0.4 is 11.1 Å². The third-order valence-corrected chi connectivity index (χ3v) is 2.66. The van der Waals surface area contributed by atoms with Gasteiger partial charge in [-0.15, -0.1) is 0 Å². The molecule has 0 fully saturated rings. The number of aromatic carboxylic acids is 1. The maximum absolute atomic E-state index is 12.0. The Kier molecular flexibility index (Phi) is 4.07. The van der Waals surface area contributed by atoms with Gasteiger partial charge in [0.2, 0.25) is 0 Å². The maximum atomic E-state index is 12.0. The highest BCUT2D eigenvalue weighted by molar-refractivity contribution is 6.04. The second-order valence-electron chi connectivity index (χ2n) is 4.08. The van der Waals surface area contributed by atoms with Crippen molar-refractivity contribution in [3.63, 3.8) is 0 Å². The summed E-state index contributed by atoms with van der Waals surface area (Å²) in [5, 5.41) is 11.5. The van der Waals surface area contributed by atoms with E-state index in [9.17, 15) is 9.59 Å². The van der Waals surface area contributed by atoms with Gasteiger partial charge in [0.15, 0.2) is 0 Å². The van der Waals surface area contributed by atoms with E-state index in [0.717, 1.165) is 0 Å². The van der Waals surface area contributed by atoms with Crippen LogP contribution in [0, 0.1) is 0 Å². The molecule has 1 heterocycles. The lowest BCUT2D eigenvalue weighted by atomic mass is 10.2. The number of pyridine rings is 1. The molecule has 6 nitrogen and oxygen atoms in total. The van der Waals surface area contributed by atoms with Crippen molar-refractivity contribution >= 4 is 17.6 Å². The molecule has 0 saturated heterocycles. The van der Waals surface area contributed by atoms with Gasteiger partial charge in [-0.1, -0.05) is 6.07 Å². The molecule has 0 aliphatic rings. The molecule has 0 radical (unpaired) electrons. The van der Waals surface area contributed by atoms with Crippen molar-refractivity contribution in [1.29, 1.82) is 0 Å². The maximum Gasteiger partial charge on any atom is 0.335 e. The van der Waals surface area contributed by atoms with E-state index in [0.29, 0.717) is 16.9 Å². The molecule has 1 aromatic heterocycles. The summed E-state index contributed by atoms with van der Waals surface area (Å²) in [5.41, 5.74) is 7.02. The predicted molar refractivity (Wildman–Crippen MR) is 73.5 cm³/mol. The molecule has 102 valence electrons. The number of carbonyl (C=O) groups excluding carboxylic acids is 1. The first-order valence-electron chi connectivity index (χ1n) is 5.90. The van der Waals surface area contributed by atoms with E-state index >= 15 is 0 Å². The van der Waals surface area contributed by atoms with Crippen LogP contribution in [-0.2, 0) is 6.54 Å². The highest BCUT2D eigenvalue weighted by Crippen LogP contribution is 2.12. The van der Waals surface area contributed by atoms with Gasteiger partial charge in [-0.05, 0) is 30.3 Å². The number of amides is 1. The Morgan fingerprint density at radius 3 is 2.70 bits per heavy atom. The first-order valence-corrected chi connectivity index (χ1v) is 5.90. The lowest BCUT2D eigenvalue weighted by Crippen LogP contribution is -2.13. The van der Waals surface area contributed by atoms with Crippen molar-refractivity contribution in [3.8, 4) is 0 Å². The minimum Gasteiger partial charge on any atom is -0.478 e. The van der Waals surface area contributed by atoms with Crippen molar-refractivity contribution in [2.45, 2.75) is 6.54 Å². The topological polar surface area (TPSA) is 105 Å². The predicted octanol–water partition coefficient (Wildman–Crippen LogP) is 1.49. The van der Waals surface area contributed by atoms with Crippen molar-refractivity contribution in [2.75, 3.05) is 5.32 Å². The molecule has 0 bridgehead atoms. The van der Waals surface area contributed by atoms with E-state index in [1.807, 2.05) is 0 Å². The summed E-state index contributed by atoms with van der Waals surface area (Å²) in [6.07, 6.45) is 1.50. The summed E-state index contributed by atoms with van der Waals surface area (Å²) in [6, 6.07) is 9.19. The molecule has 0 spiro atoms. The van der Waals surface area contributed by atoms with Gasteiger partial charge < -0.3 is 16.2 Å². The molecule has 20 heavy (non-hydrogen) atoms. The number of nitrogens with zero attached hydrogens (tertiary/aromatic N) is 1. The Morgan fingerprint density at radius 2 is 2.00 bits per heavy atom. The van der Waals surface area contributed by atoms with Crippen LogP contribution in [0.15, 0.2) is 42.6 Å². The fourth-order valence-electron chi connectivity index (χ4n) is 1.66. The van der Waals surface area contributed by atoms with Gasteiger partial charge in [0, 0.05) is 24.0 Å². The molecule has 0 aliphatic heterocycles. The standard InChI is InChI=1S/C14H13N3O3/c15-8-12-6-9(4-5-16-12)13(18)17-11-3-1-2-10(7-11)14(19)20/h1-7H,8,15H2,(H,17,18)(H,19,20). The minimum atomic E-state index is -1.05. The quantitative estimate of drug-likeness (QED) is 0.781. The summed E-state index contributed by atoms with van der Waals surface area (Å²) in [6.45, 7) is 0.246. The summed E-state index contributed by atoms with van der Waals surface area (Å²) >= 11 is 0. The smallest absolute Gasteiger partial charge is 0.335 e. The van der Waals surface area contributed by atoms with Gasteiger partial charge in [0.25, 0.3) is 5.91 Å². The van der Waals surface area contributed by atoms with E-state index in [1.54, 1.807) is 24.3 Å². The molecule has 0 unspecified atom stereocenters. The second-order valence-corrected chi connectivity index (χ2v) is 4.08. The van der Waals surface area contributed by atoms with Crippen LogP contribution in [-0.4, -0.2) is 22.0 Å². The Hall–Kier alpha value is -2.73. The molecule has 0 saturated carbocycles. The Bertz CT molecular complexity index is 656. The van der Waals surface area contributed by atoms with Crippen LogP contribution in [0.5, 0.6) is 0 Å². The molecule has 2 aromatic rings. The van der Waals surface area contributed by atoms with Crippen molar-refractivity contribution < 1.29 is 14.7 Å². The summed E-state index contributed by atoms with van der Waals surface area (Å²) in [5.74, 6) is -1.39. The van der Waals surface area contributed by atoms with Gasteiger partial charge >= 0.3 is 5.97 Å². The number of carboxylic acid groups (broad SMARTS) is 1. The normalized spacial score (nSPS) is 10.1. The van der Waals surface area contributed by atoms with Crippen molar-refractivity contribution in [2.24, 2.45) is 5.73 Å². The van der Waals surface area contributed by atoms with E-state index < -0.39 is 5.97 Å². The van der Waals surface area contributed by atoms with Crippen molar-refractivity contribution in [3.05, 3.63) is 59.4 Å². The fourth-order valence-corrected chi connectivity index (χ4v) is 1.66. The van der Waals surface area contributed by atoms with E-state index in [4.69, 9.17) is 10.8 Å². The van der Waals surface area contributed by atoms with E-state index in [-0.39, 0.29) is 18.0 Å². The number of hydrogen-bond acceptors (Lipinski definition) is 4. The molecule has 1 amide bonds. The Labute approximate surface area is 115 Å². The number of anilines is 1. The number of nitrogens with two attached hydrogens (primary N) is 1. The largest absolute Gasteiger partial charge is 0.478 e. The zero-order valence-corrected chi connectivity index (χ0v) is 10.5. The molecule has 0 atom stereocenters. The SMILES string of the molecule is NCc1cc(C(=O)Nc2cccc(C(=O)O)c2)ccn1. The molecular weight excluding hydrogens is 258 g/mol. The highest BCUT2D eigenvalue weighted by Gasteiger charge is 2.09. The number of aromatic nitrogens is 1.